The van der Waals surface area contributed by atoms with E-state index >= 15 is 0 Å². The van der Waals surface area contributed by atoms with Gasteiger partial charge >= 0.3 is 0 Å². The van der Waals surface area contributed by atoms with Gasteiger partial charge in [0.15, 0.2) is 0 Å². The second-order valence-corrected chi connectivity index (χ2v) is 7.64. The number of rotatable bonds is 4. The molecule has 2 fully saturated rings. The Morgan fingerprint density at radius 1 is 1.06 bits per heavy atom. The van der Waals surface area contributed by atoms with Gasteiger partial charge in [-0.05, 0) is 55.4 Å². The second kappa shape index (κ2) is 5.30. The van der Waals surface area contributed by atoms with Crippen LogP contribution >= 0.6 is 0 Å². The normalized spacial score (nSPS) is 32.5. The highest BCUT2D eigenvalue weighted by atomic mass is 14.9. The first kappa shape index (κ1) is 13.4. The van der Waals surface area contributed by atoms with Gasteiger partial charge in [-0.25, -0.2) is 0 Å². The molecule has 0 aromatic rings. The van der Waals surface area contributed by atoms with E-state index in [-0.39, 0.29) is 0 Å². The fraction of sp³-hybridized carbons (Fsp3) is 1.00. The van der Waals surface area contributed by atoms with Gasteiger partial charge in [-0.2, -0.15) is 0 Å². The van der Waals surface area contributed by atoms with Crippen LogP contribution in [0.4, 0.5) is 0 Å². The molecule has 0 spiro atoms. The molecule has 1 heteroatoms. The minimum atomic E-state index is 0.442. The minimum absolute atomic E-state index is 0.442. The van der Waals surface area contributed by atoms with Crippen molar-refractivity contribution in [1.29, 1.82) is 0 Å². The second-order valence-electron chi connectivity index (χ2n) is 7.64. The molecule has 100 valence electrons. The Labute approximate surface area is 108 Å². The summed E-state index contributed by atoms with van der Waals surface area (Å²) < 4.78 is 0. The monoisotopic (exact) mass is 237 g/mol. The summed E-state index contributed by atoms with van der Waals surface area (Å²) in [7, 11) is 0. The molecule has 0 amide bonds. The Bertz CT molecular complexity index is 236. The summed E-state index contributed by atoms with van der Waals surface area (Å²) in [6.45, 7) is 10.6. The van der Waals surface area contributed by atoms with Gasteiger partial charge in [0.05, 0.1) is 0 Å². The largest absolute Gasteiger partial charge is 0.314 e. The van der Waals surface area contributed by atoms with Crippen LogP contribution in [0.15, 0.2) is 0 Å². The molecule has 2 aliphatic carbocycles. The fourth-order valence-corrected chi connectivity index (χ4v) is 3.06. The molecular formula is C16H31N. The van der Waals surface area contributed by atoms with E-state index in [1.54, 1.807) is 0 Å². The van der Waals surface area contributed by atoms with Crippen LogP contribution in [0.1, 0.15) is 66.2 Å². The molecule has 2 saturated carbocycles. The van der Waals surface area contributed by atoms with Crippen LogP contribution in [0, 0.1) is 23.2 Å². The van der Waals surface area contributed by atoms with E-state index in [1.165, 1.54) is 45.1 Å². The van der Waals surface area contributed by atoms with Crippen molar-refractivity contribution in [2.45, 2.75) is 72.3 Å². The van der Waals surface area contributed by atoms with Gasteiger partial charge in [-0.15, -0.1) is 0 Å². The van der Waals surface area contributed by atoms with Crippen LogP contribution in [0.3, 0.4) is 0 Å². The maximum absolute atomic E-state index is 3.84. The number of nitrogens with one attached hydrogen (secondary N) is 1. The van der Waals surface area contributed by atoms with E-state index in [4.69, 9.17) is 0 Å². The molecule has 1 nitrogen and oxygen atoms in total. The van der Waals surface area contributed by atoms with E-state index < -0.39 is 0 Å². The average molecular weight is 237 g/mol. The minimum Gasteiger partial charge on any atom is -0.314 e. The zero-order chi connectivity index (χ0) is 12.5. The lowest BCUT2D eigenvalue weighted by atomic mass is 9.80. The summed E-state index contributed by atoms with van der Waals surface area (Å²) in [5.41, 5.74) is 0.442. The molecule has 0 aromatic heterocycles. The highest BCUT2D eigenvalue weighted by molar-refractivity contribution is 4.88. The highest BCUT2D eigenvalue weighted by Gasteiger charge is 2.34. The molecule has 0 heterocycles. The molecule has 0 bridgehead atoms. The summed E-state index contributed by atoms with van der Waals surface area (Å²) >= 11 is 0. The van der Waals surface area contributed by atoms with Crippen LogP contribution < -0.4 is 5.32 Å². The Morgan fingerprint density at radius 3 is 2.35 bits per heavy atom. The zero-order valence-corrected chi connectivity index (χ0v) is 12.3. The smallest absolute Gasteiger partial charge is 0.00699 e. The van der Waals surface area contributed by atoms with E-state index in [1.807, 2.05) is 0 Å². The standard InChI is InChI=1S/C16H31N/c1-12(16(2,3)4)11-17-15-7-5-6-14(10-15)13-8-9-13/h12-15,17H,5-11H2,1-4H3. The quantitative estimate of drug-likeness (QED) is 0.771. The van der Waals surface area contributed by atoms with E-state index in [9.17, 15) is 0 Å². The van der Waals surface area contributed by atoms with Gasteiger partial charge in [0.2, 0.25) is 0 Å². The highest BCUT2D eigenvalue weighted by Crippen LogP contribution is 2.43. The van der Waals surface area contributed by atoms with Crippen molar-refractivity contribution < 1.29 is 0 Å². The first-order chi connectivity index (χ1) is 7.97. The van der Waals surface area contributed by atoms with E-state index in [0.717, 1.165) is 23.8 Å². The molecule has 0 saturated heterocycles. The predicted octanol–water partition coefficient (Wildman–Crippen LogP) is 4.23. The summed E-state index contributed by atoms with van der Waals surface area (Å²) in [5.74, 6) is 2.94. The average Bonchev–Trinajstić information content (AvgIpc) is 3.08. The van der Waals surface area contributed by atoms with Crippen LogP contribution in [-0.2, 0) is 0 Å². The molecule has 2 aliphatic rings. The Kier molecular flexibility index (Phi) is 4.18. The lowest BCUT2D eigenvalue weighted by Crippen LogP contribution is -2.39. The van der Waals surface area contributed by atoms with Crippen molar-refractivity contribution in [2.24, 2.45) is 23.2 Å². The van der Waals surface area contributed by atoms with Crippen molar-refractivity contribution >= 4 is 0 Å². The van der Waals surface area contributed by atoms with Crippen LogP contribution in [0.25, 0.3) is 0 Å². The summed E-state index contributed by atoms with van der Waals surface area (Å²) in [4.78, 5) is 0. The van der Waals surface area contributed by atoms with Crippen LogP contribution in [-0.4, -0.2) is 12.6 Å². The summed E-state index contributed by atoms with van der Waals surface area (Å²) in [5, 5.41) is 3.84. The molecule has 0 aliphatic heterocycles. The molecule has 3 unspecified atom stereocenters. The van der Waals surface area contributed by atoms with Gasteiger partial charge in [0.1, 0.15) is 0 Å². The van der Waals surface area contributed by atoms with E-state index in [0.29, 0.717) is 5.41 Å². The fourth-order valence-electron chi connectivity index (χ4n) is 3.06. The molecule has 2 rings (SSSR count). The Balaban J connectivity index is 1.71. The van der Waals surface area contributed by atoms with Gasteiger partial charge in [-0.3, -0.25) is 0 Å². The third-order valence-electron chi connectivity index (χ3n) is 5.19. The van der Waals surface area contributed by atoms with Crippen molar-refractivity contribution in [2.75, 3.05) is 6.54 Å². The summed E-state index contributed by atoms with van der Waals surface area (Å²) in [6.07, 6.45) is 8.90. The first-order valence-electron chi connectivity index (χ1n) is 7.70. The van der Waals surface area contributed by atoms with Crippen molar-refractivity contribution in [1.82, 2.24) is 5.32 Å². The molecular weight excluding hydrogens is 206 g/mol. The zero-order valence-electron chi connectivity index (χ0n) is 12.3. The lowest BCUT2D eigenvalue weighted by Gasteiger charge is -2.33. The molecule has 1 N–H and O–H groups in total. The maximum Gasteiger partial charge on any atom is 0.00699 e. The van der Waals surface area contributed by atoms with E-state index in [2.05, 4.69) is 33.0 Å². The Morgan fingerprint density at radius 2 is 1.76 bits per heavy atom. The lowest BCUT2D eigenvalue weighted by molar-refractivity contribution is 0.214. The van der Waals surface area contributed by atoms with Gasteiger partial charge < -0.3 is 5.32 Å². The summed E-state index contributed by atoms with van der Waals surface area (Å²) in [6, 6.07) is 0.819. The van der Waals surface area contributed by atoms with Gasteiger partial charge in [0.25, 0.3) is 0 Å². The SMILES string of the molecule is CC(CNC1CCCC(C2CC2)C1)C(C)(C)C. The van der Waals surface area contributed by atoms with Crippen LogP contribution in [0.5, 0.6) is 0 Å². The van der Waals surface area contributed by atoms with Gasteiger partial charge in [-0.1, -0.05) is 40.5 Å². The van der Waals surface area contributed by atoms with Crippen molar-refractivity contribution in [3.63, 3.8) is 0 Å². The third-order valence-corrected chi connectivity index (χ3v) is 5.19. The van der Waals surface area contributed by atoms with Crippen molar-refractivity contribution in [3.8, 4) is 0 Å². The molecule has 0 radical (unpaired) electrons. The Hall–Kier alpha value is -0.0400. The van der Waals surface area contributed by atoms with Gasteiger partial charge in [0, 0.05) is 6.04 Å². The topological polar surface area (TPSA) is 12.0 Å². The first-order valence-corrected chi connectivity index (χ1v) is 7.70. The maximum atomic E-state index is 3.84. The third kappa shape index (κ3) is 3.98. The van der Waals surface area contributed by atoms with Crippen LogP contribution in [0.2, 0.25) is 0 Å². The predicted molar refractivity (Wildman–Crippen MR) is 75.1 cm³/mol. The molecule has 17 heavy (non-hydrogen) atoms. The molecule has 3 atom stereocenters. The molecule has 0 aromatic carbocycles. The number of hydrogen-bond acceptors (Lipinski definition) is 1. The number of hydrogen-bond donors (Lipinski definition) is 1. The van der Waals surface area contributed by atoms with Crippen molar-refractivity contribution in [3.05, 3.63) is 0 Å².